The van der Waals surface area contributed by atoms with Gasteiger partial charge in [-0.05, 0) is 24.3 Å². The van der Waals surface area contributed by atoms with Crippen molar-refractivity contribution in [3.63, 3.8) is 0 Å². The molecule has 2 aromatic carbocycles. The van der Waals surface area contributed by atoms with Crippen molar-refractivity contribution in [2.75, 3.05) is 25.6 Å². The Labute approximate surface area is 156 Å². The fourth-order valence-electron chi connectivity index (χ4n) is 2.51. The molecule has 26 heavy (non-hydrogen) atoms. The summed E-state index contributed by atoms with van der Waals surface area (Å²) in [4.78, 5) is 17.0. The molecule has 0 aromatic heterocycles. The van der Waals surface area contributed by atoms with Gasteiger partial charge in [-0.1, -0.05) is 29.8 Å². The molecule has 0 atom stereocenters. The smallest absolute Gasteiger partial charge is 0.266 e. The van der Waals surface area contributed by atoms with Crippen molar-refractivity contribution in [2.45, 2.75) is 4.90 Å². The van der Waals surface area contributed by atoms with E-state index in [1.54, 1.807) is 30.3 Å². The number of anilines is 1. The van der Waals surface area contributed by atoms with Crippen LogP contribution in [-0.2, 0) is 14.8 Å². The second-order valence-corrected chi connectivity index (χ2v) is 7.50. The molecule has 0 unspecified atom stereocenters. The summed E-state index contributed by atoms with van der Waals surface area (Å²) >= 11 is 6.11. The van der Waals surface area contributed by atoms with Crippen LogP contribution in [0.2, 0.25) is 5.02 Å². The van der Waals surface area contributed by atoms with E-state index in [1.165, 1.54) is 19.2 Å². The van der Waals surface area contributed by atoms with Crippen molar-refractivity contribution in [3.8, 4) is 0 Å². The minimum Gasteiger partial charge on any atom is -0.383 e. The van der Waals surface area contributed by atoms with Gasteiger partial charge in [0.25, 0.3) is 10.0 Å². The summed E-state index contributed by atoms with van der Waals surface area (Å²) in [5.41, 5.74) is 0.658. The monoisotopic (exact) mass is 393 g/mol. The first-order valence-electron chi connectivity index (χ1n) is 7.69. The molecular formula is C17H16ClN3O4S. The molecule has 0 saturated heterocycles. The van der Waals surface area contributed by atoms with Crippen LogP contribution in [0.25, 0.3) is 0 Å². The van der Waals surface area contributed by atoms with Crippen LogP contribution in [0.3, 0.4) is 0 Å². The molecule has 0 saturated carbocycles. The van der Waals surface area contributed by atoms with Gasteiger partial charge in [0.2, 0.25) is 5.96 Å². The highest BCUT2D eigenvalue weighted by atomic mass is 35.5. The van der Waals surface area contributed by atoms with Crippen LogP contribution in [0.5, 0.6) is 0 Å². The number of carbonyl (C=O) groups excluding carboxylic acids is 1. The van der Waals surface area contributed by atoms with Gasteiger partial charge in [0.1, 0.15) is 4.90 Å². The third-order valence-electron chi connectivity index (χ3n) is 3.72. The van der Waals surface area contributed by atoms with E-state index in [4.69, 9.17) is 16.3 Å². The number of halogens is 1. The Morgan fingerprint density at radius 2 is 1.88 bits per heavy atom. The SMILES string of the molecule is COCCN=C1Nc2c(C(=O)c3ccccc3Cl)cccc2S(=O)(=O)N1. The number of nitrogens with zero attached hydrogens (tertiary/aromatic N) is 1. The molecule has 0 spiro atoms. The van der Waals surface area contributed by atoms with E-state index in [9.17, 15) is 13.2 Å². The zero-order valence-corrected chi connectivity index (χ0v) is 15.4. The van der Waals surface area contributed by atoms with Gasteiger partial charge in [0.15, 0.2) is 5.78 Å². The van der Waals surface area contributed by atoms with Gasteiger partial charge in [-0.2, -0.15) is 0 Å². The van der Waals surface area contributed by atoms with Crippen molar-refractivity contribution in [1.29, 1.82) is 0 Å². The topological polar surface area (TPSA) is 96.9 Å². The van der Waals surface area contributed by atoms with Crippen LogP contribution in [0, 0.1) is 0 Å². The summed E-state index contributed by atoms with van der Waals surface area (Å²) in [7, 11) is -2.32. The Balaban J connectivity index is 2.08. The number of guanidine groups is 1. The number of fused-ring (bicyclic) bond motifs is 1. The number of para-hydroxylation sites is 1. The lowest BCUT2D eigenvalue weighted by atomic mass is 10.0. The van der Waals surface area contributed by atoms with Crippen molar-refractivity contribution in [2.24, 2.45) is 4.99 Å². The molecule has 7 nitrogen and oxygen atoms in total. The minimum atomic E-state index is -3.85. The van der Waals surface area contributed by atoms with Crippen molar-refractivity contribution < 1.29 is 17.9 Å². The lowest BCUT2D eigenvalue weighted by Gasteiger charge is -2.23. The molecule has 1 heterocycles. The molecule has 9 heteroatoms. The number of ether oxygens (including phenoxy) is 1. The highest BCUT2D eigenvalue weighted by Crippen LogP contribution is 2.31. The van der Waals surface area contributed by atoms with Gasteiger partial charge in [-0.15, -0.1) is 0 Å². The van der Waals surface area contributed by atoms with Crippen molar-refractivity contribution >= 4 is 39.1 Å². The lowest BCUT2D eigenvalue weighted by molar-refractivity contribution is 0.103. The maximum atomic E-state index is 12.9. The minimum absolute atomic E-state index is 0.0268. The molecule has 0 radical (unpaired) electrons. The quantitative estimate of drug-likeness (QED) is 0.600. The van der Waals surface area contributed by atoms with Crippen molar-refractivity contribution in [3.05, 3.63) is 58.6 Å². The Hall–Kier alpha value is -2.42. The largest absolute Gasteiger partial charge is 0.383 e. The average Bonchev–Trinajstić information content (AvgIpc) is 2.61. The third-order valence-corrected chi connectivity index (χ3v) is 5.43. The predicted molar refractivity (Wildman–Crippen MR) is 99.4 cm³/mol. The van der Waals surface area contributed by atoms with Crippen molar-refractivity contribution in [1.82, 2.24) is 4.72 Å². The molecule has 2 N–H and O–H groups in total. The average molecular weight is 394 g/mol. The summed E-state index contributed by atoms with van der Waals surface area (Å²) in [5.74, 6) is -0.345. The van der Waals surface area contributed by atoms with E-state index in [1.807, 2.05) is 0 Å². The second-order valence-electron chi connectivity index (χ2n) is 5.44. The number of aliphatic imine (C=N–C) groups is 1. The van der Waals surface area contributed by atoms with E-state index < -0.39 is 10.0 Å². The molecule has 0 aliphatic carbocycles. The Morgan fingerprint density at radius 1 is 1.15 bits per heavy atom. The van der Waals surface area contributed by atoms with Crippen LogP contribution in [0.1, 0.15) is 15.9 Å². The zero-order chi connectivity index (χ0) is 18.7. The summed E-state index contributed by atoms with van der Waals surface area (Å²) < 4.78 is 32.2. The van der Waals surface area contributed by atoms with E-state index in [0.717, 1.165) is 0 Å². The fraction of sp³-hybridized carbons (Fsp3) is 0.176. The number of benzene rings is 2. The molecule has 0 bridgehead atoms. The van der Waals surface area contributed by atoms with Crippen LogP contribution in [-0.4, -0.2) is 40.4 Å². The summed E-state index contributed by atoms with van der Waals surface area (Å²) in [6.07, 6.45) is 0. The van der Waals surface area contributed by atoms with Gasteiger partial charge in [0.05, 0.1) is 23.9 Å². The van der Waals surface area contributed by atoms with E-state index >= 15 is 0 Å². The van der Waals surface area contributed by atoms with E-state index in [2.05, 4.69) is 15.0 Å². The number of ketones is 1. The highest BCUT2D eigenvalue weighted by molar-refractivity contribution is 7.90. The second kappa shape index (κ2) is 7.45. The molecule has 0 fully saturated rings. The molecule has 2 aromatic rings. The maximum absolute atomic E-state index is 12.9. The number of hydrogen-bond donors (Lipinski definition) is 2. The standard InChI is InChI=1S/C17H16ClN3O4S/c1-25-10-9-19-17-20-15-12(6-4-8-14(15)26(23,24)21-17)16(22)11-5-2-3-7-13(11)18/h2-8H,9-10H2,1H3,(H2,19,20,21). The number of hydrogen-bond acceptors (Lipinski definition) is 5. The first kappa shape index (κ1) is 18.4. The van der Waals surface area contributed by atoms with E-state index in [0.29, 0.717) is 11.6 Å². The van der Waals surface area contributed by atoms with Gasteiger partial charge < -0.3 is 10.1 Å². The Morgan fingerprint density at radius 3 is 2.62 bits per heavy atom. The van der Waals surface area contributed by atoms with Gasteiger partial charge >= 0.3 is 0 Å². The maximum Gasteiger partial charge on any atom is 0.266 e. The highest BCUT2D eigenvalue weighted by Gasteiger charge is 2.30. The lowest BCUT2D eigenvalue weighted by Crippen LogP contribution is -2.41. The van der Waals surface area contributed by atoms with Gasteiger partial charge in [-0.25, -0.2) is 18.1 Å². The first-order chi connectivity index (χ1) is 12.4. The zero-order valence-electron chi connectivity index (χ0n) is 13.8. The normalized spacial score (nSPS) is 16.5. The Bertz CT molecular complexity index is 989. The number of sulfonamides is 1. The molecular weight excluding hydrogens is 378 g/mol. The molecule has 1 aliphatic rings. The molecule has 1 aliphatic heterocycles. The van der Waals surface area contributed by atoms with Crippen LogP contribution in [0.15, 0.2) is 52.4 Å². The summed E-state index contributed by atoms with van der Waals surface area (Å²) in [6.45, 7) is 0.595. The molecule has 0 amide bonds. The number of methoxy groups -OCH3 is 1. The third kappa shape index (κ3) is 3.57. The predicted octanol–water partition coefficient (Wildman–Crippen LogP) is 2.28. The molecule has 136 valence electrons. The number of carbonyl (C=O) groups is 1. The fourth-order valence-corrected chi connectivity index (χ4v) is 3.90. The number of nitrogens with one attached hydrogen (secondary N) is 2. The summed E-state index contributed by atoms with van der Waals surface area (Å²) in [6, 6.07) is 11.1. The van der Waals surface area contributed by atoms with Crippen LogP contribution < -0.4 is 10.0 Å². The summed E-state index contributed by atoms with van der Waals surface area (Å²) in [5, 5.41) is 3.18. The van der Waals surface area contributed by atoms with E-state index in [-0.39, 0.29) is 40.0 Å². The number of rotatable bonds is 5. The first-order valence-corrected chi connectivity index (χ1v) is 9.55. The molecule has 3 rings (SSSR count). The van der Waals surface area contributed by atoms with Crippen LogP contribution in [0.4, 0.5) is 5.69 Å². The van der Waals surface area contributed by atoms with Crippen LogP contribution >= 0.6 is 11.6 Å². The van der Waals surface area contributed by atoms with Gasteiger partial charge in [0, 0.05) is 18.2 Å². The Kier molecular flexibility index (Phi) is 5.26. The van der Waals surface area contributed by atoms with Gasteiger partial charge in [-0.3, -0.25) is 4.79 Å².